The number of nitrogens with zero attached hydrogens (tertiary/aromatic N) is 1. The number of carbonyl (C=O) groups excluding carboxylic acids is 1. The molecule has 0 bridgehead atoms. The van der Waals surface area contributed by atoms with Gasteiger partial charge in [-0.3, -0.25) is 9.78 Å². The van der Waals surface area contributed by atoms with Crippen molar-refractivity contribution in [2.24, 2.45) is 0 Å². The third-order valence-corrected chi connectivity index (χ3v) is 4.88. The largest absolute Gasteiger partial charge is 0.320 e. The molecule has 1 fully saturated rings. The van der Waals surface area contributed by atoms with Crippen LogP contribution < -0.4 is 5.32 Å². The Kier molecular flexibility index (Phi) is 3.77. The lowest BCUT2D eigenvalue weighted by atomic mass is 9.77. The van der Waals surface area contributed by atoms with Gasteiger partial charge in [0.05, 0.1) is 11.2 Å². The highest BCUT2D eigenvalue weighted by molar-refractivity contribution is 6.09. The molecule has 0 radical (unpaired) electrons. The van der Waals surface area contributed by atoms with E-state index in [2.05, 4.69) is 23.3 Å². The lowest BCUT2D eigenvalue weighted by Crippen LogP contribution is -2.19. The van der Waals surface area contributed by atoms with Crippen LogP contribution in [0.5, 0.6) is 0 Å². The van der Waals surface area contributed by atoms with Gasteiger partial charge in [0.1, 0.15) is 0 Å². The number of carbonyl (C=O) groups is 1. The van der Waals surface area contributed by atoms with Crippen molar-refractivity contribution in [1.29, 1.82) is 0 Å². The Morgan fingerprint density at radius 3 is 2.75 bits per heavy atom. The van der Waals surface area contributed by atoms with Crippen molar-refractivity contribution in [2.75, 3.05) is 5.32 Å². The van der Waals surface area contributed by atoms with Crippen LogP contribution in [0.4, 0.5) is 5.69 Å². The van der Waals surface area contributed by atoms with Crippen LogP contribution >= 0.6 is 0 Å². The number of aryl methyl sites for hydroxylation is 1. The molecule has 1 aliphatic rings. The number of nitrogens with one attached hydrogen (secondary N) is 1. The maximum absolute atomic E-state index is 12.9. The Balaban J connectivity index is 1.69. The van der Waals surface area contributed by atoms with Gasteiger partial charge in [-0.1, -0.05) is 42.3 Å². The number of fused-ring (bicyclic) bond motifs is 1. The SMILES string of the molecule is Cc1ccc(C(=O)Nc2cccc3cccnc23)c(C2CCC2)c1. The summed E-state index contributed by atoms with van der Waals surface area (Å²) >= 11 is 0. The molecule has 1 aromatic heterocycles. The molecule has 1 saturated carbocycles. The first kappa shape index (κ1) is 14.9. The summed E-state index contributed by atoms with van der Waals surface area (Å²) in [5.74, 6) is 0.478. The molecule has 3 heteroatoms. The molecule has 3 nitrogen and oxygen atoms in total. The van der Waals surface area contributed by atoms with Gasteiger partial charge in [0, 0.05) is 17.1 Å². The molecule has 3 aromatic rings. The van der Waals surface area contributed by atoms with Gasteiger partial charge in [0.2, 0.25) is 0 Å². The minimum atomic E-state index is -0.0462. The van der Waals surface area contributed by atoms with Crippen LogP contribution in [0.25, 0.3) is 10.9 Å². The zero-order valence-electron chi connectivity index (χ0n) is 13.8. The molecule has 0 aliphatic heterocycles. The first-order valence-corrected chi connectivity index (χ1v) is 8.48. The van der Waals surface area contributed by atoms with Crippen LogP contribution in [0.15, 0.2) is 54.7 Å². The number of hydrogen-bond acceptors (Lipinski definition) is 2. The highest BCUT2D eigenvalue weighted by Crippen LogP contribution is 2.38. The first-order chi connectivity index (χ1) is 11.7. The van der Waals surface area contributed by atoms with E-state index in [-0.39, 0.29) is 5.91 Å². The summed E-state index contributed by atoms with van der Waals surface area (Å²) in [5.41, 5.74) is 4.77. The van der Waals surface area contributed by atoms with E-state index in [1.54, 1.807) is 6.20 Å². The van der Waals surface area contributed by atoms with Crippen LogP contribution in [-0.4, -0.2) is 10.9 Å². The molecule has 1 N–H and O–H groups in total. The second-order valence-electron chi connectivity index (χ2n) is 6.55. The van der Waals surface area contributed by atoms with Gasteiger partial charge in [-0.05, 0) is 49.4 Å². The fourth-order valence-corrected chi connectivity index (χ4v) is 3.34. The standard InChI is InChI=1S/C21H20N2O/c1-14-10-11-17(18(13-14)15-5-2-6-15)21(24)23-19-9-3-7-16-8-4-12-22-20(16)19/h3-4,7-13,15H,2,5-6H2,1H3,(H,23,24). The molecule has 2 aromatic carbocycles. The monoisotopic (exact) mass is 316 g/mol. The molecule has 24 heavy (non-hydrogen) atoms. The van der Waals surface area contributed by atoms with Crippen molar-refractivity contribution in [3.05, 3.63) is 71.4 Å². The van der Waals surface area contributed by atoms with Crippen LogP contribution in [0.3, 0.4) is 0 Å². The maximum Gasteiger partial charge on any atom is 0.256 e. The van der Waals surface area contributed by atoms with Gasteiger partial charge in [-0.15, -0.1) is 0 Å². The van der Waals surface area contributed by atoms with Crippen LogP contribution in [0.2, 0.25) is 0 Å². The van der Waals surface area contributed by atoms with Gasteiger partial charge in [0.25, 0.3) is 5.91 Å². The van der Waals surface area contributed by atoms with Crippen LogP contribution in [-0.2, 0) is 0 Å². The average Bonchev–Trinajstić information content (AvgIpc) is 2.54. The number of para-hydroxylation sites is 1. The fraction of sp³-hybridized carbons (Fsp3) is 0.238. The summed E-state index contributed by atoms with van der Waals surface area (Å²) in [6, 6.07) is 15.9. The van der Waals surface area contributed by atoms with E-state index in [1.165, 1.54) is 30.4 Å². The molecule has 0 atom stereocenters. The second-order valence-corrected chi connectivity index (χ2v) is 6.55. The van der Waals surface area contributed by atoms with Crippen molar-refractivity contribution in [3.63, 3.8) is 0 Å². The Labute approximate surface area is 141 Å². The Morgan fingerprint density at radius 2 is 1.96 bits per heavy atom. The molecule has 1 aliphatic carbocycles. The number of hydrogen-bond donors (Lipinski definition) is 1. The van der Waals surface area contributed by atoms with E-state index >= 15 is 0 Å². The predicted octanol–water partition coefficient (Wildman–Crippen LogP) is 5.06. The Morgan fingerprint density at radius 1 is 1.12 bits per heavy atom. The number of pyridine rings is 1. The lowest BCUT2D eigenvalue weighted by molar-refractivity contribution is 0.102. The molecule has 1 amide bonds. The van der Waals surface area contributed by atoms with Crippen LogP contribution in [0, 0.1) is 6.92 Å². The van der Waals surface area contributed by atoms with E-state index in [0.29, 0.717) is 5.92 Å². The second kappa shape index (κ2) is 6.08. The van der Waals surface area contributed by atoms with Crippen molar-refractivity contribution in [2.45, 2.75) is 32.1 Å². The molecular formula is C21H20N2O. The van der Waals surface area contributed by atoms with E-state index < -0.39 is 0 Å². The van der Waals surface area contributed by atoms with E-state index in [9.17, 15) is 4.79 Å². The molecule has 1 heterocycles. The number of amides is 1. The molecule has 0 spiro atoms. The minimum Gasteiger partial charge on any atom is -0.320 e. The van der Waals surface area contributed by atoms with Gasteiger partial charge < -0.3 is 5.32 Å². The molecule has 0 unspecified atom stereocenters. The molecule has 0 saturated heterocycles. The zero-order valence-corrected chi connectivity index (χ0v) is 13.8. The number of anilines is 1. The zero-order chi connectivity index (χ0) is 16.5. The summed E-state index contributed by atoms with van der Waals surface area (Å²) in [6.45, 7) is 2.08. The predicted molar refractivity (Wildman–Crippen MR) is 97.5 cm³/mol. The number of rotatable bonds is 3. The van der Waals surface area contributed by atoms with E-state index in [0.717, 1.165) is 22.2 Å². The highest BCUT2D eigenvalue weighted by atomic mass is 16.1. The summed E-state index contributed by atoms with van der Waals surface area (Å²) in [4.78, 5) is 17.3. The number of aromatic nitrogens is 1. The van der Waals surface area contributed by atoms with Crippen molar-refractivity contribution in [3.8, 4) is 0 Å². The third-order valence-electron chi connectivity index (χ3n) is 4.88. The van der Waals surface area contributed by atoms with Crippen molar-refractivity contribution >= 4 is 22.5 Å². The van der Waals surface area contributed by atoms with Crippen LogP contribution in [0.1, 0.15) is 46.7 Å². The highest BCUT2D eigenvalue weighted by Gasteiger charge is 2.24. The van der Waals surface area contributed by atoms with Crippen molar-refractivity contribution in [1.82, 2.24) is 4.98 Å². The molecule has 4 rings (SSSR count). The van der Waals surface area contributed by atoms with Gasteiger partial charge in [-0.25, -0.2) is 0 Å². The minimum absolute atomic E-state index is 0.0462. The quantitative estimate of drug-likeness (QED) is 0.733. The normalized spacial score (nSPS) is 14.4. The third kappa shape index (κ3) is 2.67. The Hall–Kier alpha value is -2.68. The summed E-state index contributed by atoms with van der Waals surface area (Å²) < 4.78 is 0. The summed E-state index contributed by atoms with van der Waals surface area (Å²) in [5, 5.41) is 4.09. The summed E-state index contributed by atoms with van der Waals surface area (Å²) in [6.07, 6.45) is 5.37. The smallest absolute Gasteiger partial charge is 0.256 e. The van der Waals surface area contributed by atoms with E-state index in [1.807, 2.05) is 42.5 Å². The Bertz CT molecular complexity index is 907. The van der Waals surface area contributed by atoms with E-state index in [4.69, 9.17) is 0 Å². The van der Waals surface area contributed by atoms with Gasteiger partial charge >= 0.3 is 0 Å². The lowest BCUT2D eigenvalue weighted by Gasteiger charge is -2.28. The molecular weight excluding hydrogens is 296 g/mol. The van der Waals surface area contributed by atoms with Gasteiger partial charge in [0.15, 0.2) is 0 Å². The average molecular weight is 316 g/mol. The summed E-state index contributed by atoms with van der Waals surface area (Å²) in [7, 11) is 0. The van der Waals surface area contributed by atoms with Gasteiger partial charge in [-0.2, -0.15) is 0 Å². The first-order valence-electron chi connectivity index (χ1n) is 8.48. The fourth-order valence-electron chi connectivity index (χ4n) is 3.34. The topological polar surface area (TPSA) is 42.0 Å². The van der Waals surface area contributed by atoms with Crippen molar-refractivity contribution < 1.29 is 4.79 Å². The maximum atomic E-state index is 12.9. The molecule has 120 valence electrons. The number of benzene rings is 2.